The third-order valence-corrected chi connectivity index (χ3v) is 8.94. The molecule has 0 aliphatic heterocycles. The lowest BCUT2D eigenvalue weighted by atomic mass is 9.44. The Labute approximate surface area is 139 Å². The topological polar surface area (TPSA) is 57.5 Å². The molecule has 4 rings (SSSR count). The van der Waals surface area contributed by atoms with Crippen molar-refractivity contribution in [1.82, 2.24) is 0 Å². The van der Waals surface area contributed by atoms with Gasteiger partial charge in [-0.15, -0.1) is 0 Å². The minimum Gasteiger partial charge on any atom is -0.481 e. The highest BCUT2D eigenvalue weighted by Crippen LogP contribution is 2.67. The van der Waals surface area contributed by atoms with Gasteiger partial charge in [0.2, 0.25) is 0 Å². The van der Waals surface area contributed by atoms with Crippen molar-refractivity contribution >= 4 is 5.97 Å². The molecule has 4 fully saturated rings. The summed E-state index contributed by atoms with van der Waals surface area (Å²) >= 11 is 0. The Morgan fingerprint density at radius 3 is 2.35 bits per heavy atom. The summed E-state index contributed by atoms with van der Waals surface area (Å²) in [6, 6.07) is 0. The predicted octanol–water partition coefficient (Wildman–Crippen LogP) is 4.09. The second-order valence-electron chi connectivity index (χ2n) is 9.60. The lowest BCUT2D eigenvalue weighted by Gasteiger charge is -2.60. The minimum atomic E-state index is -0.561. The average molecular weight is 320 g/mol. The summed E-state index contributed by atoms with van der Waals surface area (Å²) in [7, 11) is 0. The molecule has 4 saturated carbocycles. The van der Waals surface area contributed by atoms with E-state index in [1.807, 2.05) is 0 Å². The van der Waals surface area contributed by atoms with E-state index in [2.05, 4.69) is 13.8 Å². The van der Waals surface area contributed by atoms with E-state index in [0.29, 0.717) is 17.3 Å². The van der Waals surface area contributed by atoms with Crippen LogP contribution in [0.1, 0.15) is 71.6 Å². The van der Waals surface area contributed by atoms with Crippen molar-refractivity contribution in [2.45, 2.75) is 77.7 Å². The standard InChI is InChI=1S/C20H32O3/c1-19-9-7-13(21)11-12(19)3-4-14-15-5-6-17(18(22)23)20(15,2)10-8-16(14)19/h12-17,21H,3-11H2,1-2H3,(H,22,23)/t12-,13+,14-,15-,16-,17+,19-,20-/m0/s1. The van der Waals surface area contributed by atoms with Gasteiger partial charge in [0.25, 0.3) is 0 Å². The van der Waals surface area contributed by atoms with Crippen LogP contribution in [0.4, 0.5) is 0 Å². The number of rotatable bonds is 1. The van der Waals surface area contributed by atoms with Crippen molar-refractivity contribution in [2.24, 2.45) is 40.4 Å². The second kappa shape index (κ2) is 5.21. The first kappa shape index (κ1) is 15.9. The Morgan fingerprint density at radius 1 is 0.913 bits per heavy atom. The van der Waals surface area contributed by atoms with Crippen molar-refractivity contribution in [2.75, 3.05) is 0 Å². The molecule has 0 unspecified atom stereocenters. The fraction of sp³-hybridized carbons (Fsp3) is 0.950. The van der Waals surface area contributed by atoms with Gasteiger partial charge in [0.15, 0.2) is 0 Å². The number of carboxylic acid groups (broad SMARTS) is 1. The molecular formula is C20H32O3. The summed E-state index contributed by atoms with van der Waals surface area (Å²) in [4.78, 5) is 11.7. The van der Waals surface area contributed by atoms with Gasteiger partial charge < -0.3 is 10.2 Å². The molecule has 4 aliphatic carbocycles. The molecule has 3 heteroatoms. The number of aliphatic hydroxyl groups excluding tert-OH is 1. The third-order valence-electron chi connectivity index (χ3n) is 8.94. The minimum absolute atomic E-state index is 0.0321. The Hall–Kier alpha value is -0.570. The molecule has 0 radical (unpaired) electrons. The zero-order chi connectivity index (χ0) is 16.4. The third kappa shape index (κ3) is 2.14. The predicted molar refractivity (Wildman–Crippen MR) is 88.9 cm³/mol. The van der Waals surface area contributed by atoms with E-state index >= 15 is 0 Å². The van der Waals surface area contributed by atoms with Crippen molar-refractivity contribution in [1.29, 1.82) is 0 Å². The Morgan fingerprint density at radius 2 is 1.61 bits per heavy atom. The highest BCUT2D eigenvalue weighted by atomic mass is 16.4. The maximum absolute atomic E-state index is 11.7. The molecule has 0 aromatic rings. The Kier molecular flexibility index (Phi) is 3.61. The maximum Gasteiger partial charge on any atom is 0.307 e. The second-order valence-corrected chi connectivity index (χ2v) is 9.60. The van der Waals surface area contributed by atoms with Crippen LogP contribution in [-0.2, 0) is 4.79 Å². The molecule has 0 spiro atoms. The monoisotopic (exact) mass is 320 g/mol. The summed E-state index contributed by atoms with van der Waals surface area (Å²) < 4.78 is 0. The fourth-order valence-corrected chi connectivity index (χ4v) is 7.64. The molecule has 0 heterocycles. The number of carboxylic acids is 1. The van der Waals surface area contributed by atoms with E-state index in [0.717, 1.165) is 43.9 Å². The van der Waals surface area contributed by atoms with Gasteiger partial charge in [-0.1, -0.05) is 13.8 Å². The van der Waals surface area contributed by atoms with Crippen LogP contribution >= 0.6 is 0 Å². The van der Waals surface area contributed by atoms with Gasteiger partial charge in [-0.05, 0) is 92.3 Å². The number of fused-ring (bicyclic) bond motifs is 5. The SMILES string of the molecule is C[C@]12CC[C@@H](O)C[C@@H]1CC[C@@H]1[C@@H]2CC[C@]2(C)[C@@H](C(=O)O)CC[C@@H]12. The van der Waals surface area contributed by atoms with Gasteiger partial charge in [0.05, 0.1) is 12.0 Å². The zero-order valence-corrected chi connectivity index (χ0v) is 14.6. The van der Waals surface area contributed by atoms with Crippen LogP contribution < -0.4 is 0 Å². The van der Waals surface area contributed by atoms with Gasteiger partial charge in [-0.25, -0.2) is 0 Å². The van der Waals surface area contributed by atoms with Crippen molar-refractivity contribution in [3.05, 3.63) is 0 Å². The number of hydrogen-bond acceptors (Lipinski definition) is 2. The molecule has 0 aromatic heterocycles. The molecule has 4 aliphatic rings. The number of hydrogen-bond donors (Lipinski definition) is 2. The summed E-state index contributed by atoms with van der Waals surface area (Å²) in [5, 5.41) is 19.7. The first-order valence-electron chi connectivity index (χ1n) is 9.77. The van der Waals surface area contributed by atoms with Gasteiger partial charge >= 0.3 is 5.97 Å². The van der Waals surface area contributed by atoms with E-state index in [1.165, 1.54) is 25.7 Å². The summed E-state index contributed by atoms with van der Waals surface area (Å²) in [6.45, 7) is 4.77. The molecule has 2 N–H and O–H groups in total. The molecule has 0 saturated heterocycles. The molecule has 23 heavy (non-hydrogen) atoms. The smallest absolute Gasteiger partial charge is 0.307 e. The normalized spacial score (nSPS) is 55.6. The Balaban J connectivity index is 1.61. The van der Waals surface area contributed by atoms with Crippen molar-refractivity contribution in [3.63, 3.8) is 0 Å². The van der Waals surface area contributed by atoms with E-state index in [9.17, 15) is 15.0 Å². The highest BCUT2D eigenvalue weighted by molar-refractivity contribution is 5.71. The number of aliphatic carboxylic acids is 1. The highest BCUT2D eigenvalue weighted by Gasteiger charge is 2.61. The first-order valence-corrected chi connectivity index (χ1v) is 9.77. The molecule has 3 nitrogen and oxygen atoms in total. The summed E-state index contributed by atoms with van der Waals surface area (Å²) in [5.41, 5.74) is 0.426. The lowest BCUT2D eigenvalue weighted by Crippen LogP contribution is -2.54. The van der Waals surface area contributed by atoms with Crippen LogP contribution in [0, 0.1) is 40.4 Å². The van der Waals surface area contributed by atoms with Crippen molar-refractivity contribution in [3.8, 4) is 0 Å². The Bertz CT molecular complexity index is 503. The van der Waals surface area contributed by atoms with Gasteiger partial charge in [-0.2, -0.15) is 0 Å². The van der Waals surface area contributed by atoms with Gasteiger partial charge in [-0.3, -0.25) is 4.79 Å². The molecule has 130 valence electrons. The van der Waals surface area contributed by atoms with E-state index in [1.54, 1.807) is 0 Å². The van der Waals surface area contributed by atoms with Crippen LogP contribution in [0.3, 0.4) is 0 Å². The quantitative estimate of drug-likeness (QED) is 0.765. The maximum atomic E-state index is 11.7. The average Bonchev–Trinajstić information content (AvgIpc) is 2.85. The van der Waals surface area contributed by atoms with E-state index < -0.39 is 5.97 Å². The van der Waals surface area contributed by atoms with Crippen LogP contribution in [0.2, 0.25) is 0 Å². The number of carbonyl (C=O) groups is 1. The largest absolute Gasteiger partial charge is 0.481 e. The van der Waals surface area contributed by atoms with Crippen LogP contribution in [0.25, 0.3) is 0 Å². The van der Waals surface area contributed by atoms with Gasteiger partial charge in [0, 0.05) is 0 Å². The van der Waals surface area contributed by atoms with Gasteiger partial charge in [0.1, 0.15) is 0 Å². The van der Waals surface area contributed by atoms with Crippen molar-refractivity contribution < 1.29 is 15.0 Å². The van der Waals surface area contributed by atoms with E-state index in [4.69, 9.17) is 0 Å². The molecule has 0 aromatic carbocycles. The van der Waals surface area contributed by atoms with Crippen LogP contribution in [-0.4, -0.2) is 22.3 Å². The molecule has 0 bridgehead atoms. The van der Waals surface area contributed by atoms with Crippen LogP contribution in [0.15, 0.2) is 0 Å². The molecular weight excluding hydrogens is 288 g/mol. The lowest BCUT2D eigenvalue weighted by molar-refractivity contribution is -0.154. The zero-order valence-electron chi connectivity index (χ0n) is 14.6. The molecule has 0 amide bonds. The molecule has 8 atom stereocenters. The van der Waals surface area contributed by atoms with E-state index in [-0.39, 0.29) is 17.4 Å². The fourth-order valence-electron chi connectivity index (χ4n) is 7.64. The van der Waals surface area contributed by atoms with Crippen LogP contribution in [0.5, 0.6) is 0 Å². The summed E-state index contributed by atoms with van der Waals surface area (Å²) in [5.74, 6) is 2.12. The summed E-state index contributed by atoms with van der Waals surface area (Å²) in [6.07, 6.45) is 9.90. The number of aliphatic hydroxyl groups is 1. The first-order chi connectivity index (χ1) is 10.9.